The summed E-state index contributed by atoms with van der Waals surface area (Å²) in [6.07, 6.45) is 1.65. The topological polar surface area (TPSA) is 85.7 Å². The van der Waals surface area contributed by atoms with Gasteiger partial charge in [0.05, 0.1) is 29.0 Å². The van der Waals surface area contributed by atoms with E-state index in [0.717, 1.165) is 11.4 Å². The van der Waals surface area contributed by atoms with Gasteiger partial charge >= 0.3 is 0 Å². The third-order valence-corrected chi connectivity index (χ3v) is 5.21. The molecule has 0 amide bonds. The van der Waals surface area contributed by atoms with Crippen LogP contribution < -0.4 is 10.3 Å². The molecule has 0 radical (unpaired) electrons. The summed E-state index contributed by atoms with van der Waals surface area (Å²) in [4.78, 5) is 19.8. The zero-order valence-electron chi connectivity index (χ0n) is 14.8. The summed E-state index contributed by atoms with van der Waals surface area (Å²) < 4.78 is 7.16. The van der Waals surface area contributed by atoms with Crippen LogP contribution in [0.5, 0.6) is 5.75 Å². The molecule has 4 aromatic rings. The van der Waals surface area contributed by atoms with Gasteiger partial charge < -0.3 is 9.72 Å². The molecule has 136 valence electrons. The fourth-order valence-corrected chi connectivity index (χ4v) is 3.65. The Balaban J connectivity index is 1.65. The van der Waals surface area contributed by atoms with Crippen molar-refractivity contribution < 1.29 is 4.74 Å². The molecule has 0 unspecified atom stereocenters. The average Bonchev–Trinajstić information content (AvgIpc) is 3.16. The third kappa shape index (κ3) is 3.43. The molecule has 0 spiro atoms. The molecule has 0 saturated heterocycles. The van der Waals surface area contributed by atoms with Crippen LogP contribution in [0.3, 0.4) is 0 Å². The van der Waals surface area contributed by atoms with Crippen molar-refractivity contribution in [3.05, 3.63) is 71.0 Å². The lowest BCUT2D eigenvalue weighted by molar-refractivity contribution is 0.414. The van der Waals surface area contributed by atoms with E-state index < -0.39 is 0 Å². The van der Waals surface area contributed by atoms with Crippen molar-refractivity contribution in [2.24, 2.45) is 0 Å². The highest BCUT2D eigenvalue weighted by Crippen LogP contribution is 2.33. The Kier molecular flexibility index (Phi) is 4.64. The smallest absolute Gasteiger partial charge is 0.258 e. The van der Waals surface area contributed by atoms with Gasteiger partial charge in [0.25, 0.3) is 5.56 Å². The SMILES string of the molecule is COc1cccc(-n2cnnc2S[C@@H](C)c2nc3ccccc3c(=O)[nH]2)c1. The van der Waals surface area contributed by atoms with Crippen LogP contribution in [0.2, 0.25) is 0 Å². The molecular weight excluding hydrogens is 362 g/mol. The fraction of sp³-hybridized carbons (Fsp3) is 0.158. The number of thioether (sulfide) groups is 1. The zero-order valence-corrected chi connectivity index (χ0v) is 15.6. The van der Waals surface area contributed by atoms with Crippen LogP contribution in [0.4, 0.5) is 0 Å². The number of hydrogen-bond donors (Lipinski definition) is 1. The predicted octanol–water partition coefficient (Wildman–Crippen LogP) is 3.37. The van der Waals surface area contributed by atoms with E-state index >= 15 is 0 Å². The highest BCUT2D eigenvalue weighted by Gasteiger charge is 2.17. The Bertz CT molecular complexity index is 1150. The number of hydrogen-bond acceptors (Lipinski definition) is 6. The van der Waals surface area contributed by atoms with Gasteiger partial charge in [-0.3, -0.25) is 9.36 Å². The lowest BCUT2D eigenvalue weighted by Gasteiger charge is -2.12. The second kappa shape index (κ2) is 7.24. The Morgan fingerprint density at radius 3 is 2.89 bits per heavy atom. The summed E-state index contributed by atoms with van der Waals surface area (Å²) in [5.74, 6) is 1.36. The van der Waals surface area contributed by atoms with Crippen molar-refractivity contribution in [3.63, 3.8) is 0 Å². The van der Waals surface area contributed by atoms with Gasteiger partial charge in [0.15, 0.2) is 5.16 Å². The van der Waals surface area contributed by atoms with E-state index in [1.54, 1.807) is 19.5 Å². The van der Waals surface area contributed by atoms with Gasteiger partial charge in [-0.05, 0) is 31.2 Å². The summed E-state index contributed by atoms with van der Waals surface area (Å²) >= 11 is 1.47. The van der Waals surface area contributed by atoms with Gasteiger partial charge in [0, 0.05) is 6.07 Å². The van der Waals surface area contributed by atoms with Crippen molar-refractivity contribution in [2.75, 3.05) is 7.11 Å². The number of rotatable bonds is 5. The number of nitrogens with zero attached hydrogens (tertiary/aromatic N) is 4. The van der Waals surface area contributed by atoms with Gasteiger partial charge in [-0.25, -0.2) is 4.98 Å². The number of H-pyrrole nitrogens is 1. The molecule has 0 saturated carbocycles. The number of aromatic nitrogens is 5. The van der Waals surface area contributed by atoms with E-state index in [1.165, 1.54) is 11.8 Å². The Morgan fingerprint density at radius 1 is 1.19 bits per heavy atom. The third-order valence-electron chi connectivity index (χ3n) is 4.15. The normalized spacial score (nSPS) is 12.2. The summed E-state index contributed by atoms with van der Waals surface area (Å²) in [5.41, 5.74) is 1.43. The standard InChI is InChI=1S/C19H17N5O2S/c1-12(17-21-16-9-4-3-8-15(16)18(25)22-17)27-19-23-20-11-24(19)13-6-5-7-14(10-13)26-2/h3-12H,1-2H3,(H,21,22,25)/t12-/m0/s1. The lowest BCUT2D eigenvalue weighted by atomic mass is 10.2. The number of para-hydroxylation sites is 1. The van der Waals surface area contributed by atoms with Crippen molar-refractivity contribution in [1.29, 1.82) is 0 Å². The lowest BCUT2D eigenvalue weighted by Crippen LogP contribution is -2.13. The molecule has 4 rings (SSSR count). The first-order valence-electron chi connectivity index (χ1n) is 8.36. The number of nitrogens with one attached hydrogen (secondary N) is 1. The minimum absolute atomic E-state index is 0.115. The summed E-state index contributed by atoms with van der Waals surface area (Å²) in [6, 6.07) is 15.0. The van der Waals surface area contributed by atoms with Crippen LogP contribution in [0, 0.1) is 0 Å². The van der Waals surface area contributed by atoms with Crippen molar-refractivity contribution in [3.8, 4) is 11.4 Å². The first-order valence-corrected chi connectivity index (χ1v) is 9.24. The van der Waals surface area contributed by atoms with Crippen molar-refractivity contribution in [2.45, 2.75) is 17.3 Å². The molecule has 27 heavy (non-hydrogen) atoms. The maximum Gasteiger partial charge on any atom is 0.258 e. The molecular formula is C19H17N5O2S. The van der Waals surface area contributed by atoms with Gasteiger partial charge in [-0.15, -0.1) is 10.2 Å². The molecule has 2 heterocycles. The second-order valence-corrected chi connectivity index (χ2v) is 7.22. The zero-order chi connectivity index (χ0) is 18.8. The minimum atomic E-state index is -0.141. The first-order chi connectivity index (χ1) is 13.2. The van der Waals surface area contributed by atoms with Gasteiger partial charge in [-0.1, -0.05) is 30.0 Å². The number of ether oxygens (including phenoxy) is 1. The summed E-state index contributed by atoms with van der Waals surface area (Å²) in [5, 5.41) is 9.41. The molecule has 2 aromatic heterocycles. The quantitative estimate of drug-likeness (QED) is 0.535. The molecule has 2 aromatic carbocycles. The van der Waals surface area contributed by atoms with Crippen LogP contribution in [-0.4, -0.2) is 31.8 Å². The molecule has 1 atom stereocenters. The van der Waals surface area contributed by atoms with Crippen LogP contribution in [-0.2, 0) is 0 Å². The Morgan fingerprint density at radius 2 is 2.04 bits per heavy atom. The molecule has 0 bridgehead atoms. The predicted molar refractivity (Wildman–Crippen MR) is 105 cm³/mol. The number of fused-ring (bicyclic) bond motifs is 1. The fourth-order valence-electron chi connectivity index (χ4n) is 2.75. The van der Waals surface area contributed by atoms with Gasteiger partial charge in [0.1, 0.15) is 17.9 Å². The van der Waals surface area contributed by atoms with Gasteiger partial charge in [0.2, 0.25) is 0 Å². The van der Waals surface area contributed by atoms with E-state index in [0.29, 0.717) is 21.9 Å². The van der Waals surface area contributed by atoms with E-state index in [4.69, 9.17) is 4.74 Å². The number of aromatic amines is 1. The molecule has 0 aliphatic carbocycles. The number of methoxy groups -OCH3 is 1. The van der Waals surface area contributed by atoms with Crippen LogP contribution >= 0.6 is 11.8 Å². The largest absolute Gasteiger partial charge is 0.497 e. The number of benzene rings is 2. The van der Waals surface area contributed by atoms with Crippen molar-refractivity contribution in [1.82, 2.24) is 24.7 Å². The van der Waals surface area contributed by atoms with Crippen LogP contribution in [0.1, 0.15) is 18.0 Å². The molecule has 0 aliphatic rings. The first kappa shape index (κ1) is 17.3. The maximum atomic E-state index is 12.3. The monoisotopic (exact) mass is 379 g/mol. The van der Waals surface area contributed by atoms with E-state index in [9.17, 15) is 4.79 Å². The summed E-state index contributed by atoms with van der Waals surface area (Å²) in [7, 11) is 1.63. The average molecular weight is 379 g/mol. The highest BCUT2D eigenvalue weighted by atomic mass is 32.2. The summed E-state index contributed by atoms with van der Waals surface area (Å²) in [6.45, 7) is 1.97. The Hall–Kier alpha value is -3.13. The molecule has 7 nitrogen and oxygen atoms in total. The van der Waals surface area contributed by atoms with E-state index in [1.807, 2.05) is 54.0 Å². The molecule has 1 N–H and O–H groups in total. The van der Waals surface area contributed by atoms with Crippen molar-refractivity contribution >= 4 is 22.7 Å². The van der Waals surface area contributed by atoms with Crippen LogP contribution in [0.25, 0.3) is 16.6 Å². The molecule has 0 aliphatic heterocycles. The Labute approximate surface area is 159 Å². The molecule has 0 fully saturated rings. The van der Waals surface area contributed by atoms with E-state index in [2.05, 4.69) is 20.2 Å². The maximum absolute atomic E-state index is 12.3. The molecule has 8 heteroatoms. The van der Waals surface area contributed by atoms with Crippen LogP contribution in [0.15, 0.2) is 64.8 Å². The highest BCUT2D eigenvalue weighted by molar-refractivity contribution is 7.99. The van der Waals surface area contributed by atoms with E-state index in [-0.39, 0.29) is 10.8 Å². The minimum Gasteiger partial charge on any atom is -0.497 e. The second-order valence-electron chi connectivity index (χ2n) is 5.91. The van der Waals surface area contributed by atoms with Gasteiger partial charge in [-0.2, -0.15) is 0 Å².